The standard InChI is InChI=1S/C13H17N2/c1-10-7-8-12-11(6-5-9-14-12)13(10)15(2,3)4/h5-9H,1-4H3/q+1. The van der Waals surface area contributed by atoms with Crippen LogP contribution in [0.4, 0.5) is 5.69 Å². The number of nitrogens with zero attached hydrogens (tertiary/aromatic N) is 2. The first kappa shape index (κ1) is 10.1. The van der Waals surface area contributed by atoms with E-state index in [1.54, 1.807) is 0 Å². The third kappa shape index (κ3) is 1.73. The van der Waals surface area contributed by atoms with Crippen LogP contribution >= 0.6 is 0 Å². The van der Waals surface area contributed by atoms with Crippen molar-refractivity contribution in [1.29, 1.82) is 0 Å². The van der Waals surface area contributed by atoms with Crippen molar-refractivity contribution in [2.24, 2.45) is 0 Å². The molecule has 1 heterocycles. The van der Waals surface area contributed by atoms with Crippen molar-refractivity contribution in [3.8, 4) is 0 Å². The molecule has 0 N–H and O–H groups in total. The highest BCUT2D eigenvalue weighted by molar-refractivity contribution is 5.92. The smallest absolute Gasteiger partial charge is 0.144 e. The molecule has 0 amide bonds. The maximum atomic E-state index is 4.39. The lowest BCUT2D eigenvalue weighted by molar-refractivity contribution is 0.488. The maximum absolute atomic E-state index is 4.39. The second kappa shape index (κ2) is 3.31. The fraction of sp³-hybridized carbons (Fsp3) is 0.308. The van der Waals surface area contributed by atoms with Gasteiger partial charge in [-0.15, -0.1) is 0 Å². The molecule has 2 nitrogen and oxygen atoms in total. The average molecular weight is 201 g/mol. The zero-order valence-corrected chi connectivity index (χ0v) is 9.78. The molecule has 0 spiro atoms. The van der Waals surface area contributed by atoms with Crippen LogP contribution in [0, 0.1) is 6.92 Å². The normalized spacial score (nSPS) is 12.0. The predicted molar refractivity (Wildman–Crippen MR) is 66.0 cm³/mol. The second-order valence-electron chi connectivity index (χ2n) is 4.81. The molecule has 78 valence electrons. The molecule has 0 aliphatic carbocycles. The Morgan fingerprint density at radius 3 is 2.47 bits per heavy atom. The van der Waals surface area contributed by atoms with Crippen LogP contribution in [0.1, 0.15) is 5.56 Å². The average Bonchev–Trinajstić information content (AvgIpc) is 2.15. The second-order valence-corrected chi connectivity index (χ2v) is 4.81. The summed E-state index contributed by atoms with van der Waals surface area (Å²) < 4.78 is 0.828. The van der Waals surface area contributed by atoms with E-state index in [9.17, 15) is 0 Å². The third-order valence-electron chi connectivity index (χ3n) is 2.63. The highest BCUT2D eigenvalue weighted by atomic mass is 15.3. The largest absolute Gasteiger partial charge is 0.298 e. The number of hydrogen-bond donors (Lipinski definition) is 0. The minimum Gasteiger partial charge on any atom is -0.298 e. The summed E-state index contributed by atoms with van der Waals surface area (Å²) in [7, 11) is 6.57. The van der Waals surface area contributed by atoms with E-state index in [1.807, 2.05) is 12.3 Å². The predicted octanol–water partition coefficient (Wildman–Crippen LogP) is 2.74. The number of pyridine rings is 1. The fourth-order valence-corrected chi connectivity index (χ4v) is 2.14. The monoisotopic (exact) mass is 201 g/mol. The first-order valence-corrected chi connectivity index (χ1v) is 5.16. The summed E-state index contributed by atoms with van der Waals surface area (Å²) in [4.78, 5) is 4.39. The first-order chi connectivity index (χ1) is 7.00. The van der Waals surface area contributed by atoms with Crippen LogP contribution in [0.25, 0.3) is 10.9 Å². The van der Waals surface area contributed by atoms with E-state index >= 15 is 0 Å². The molecule has 0 bridgehead atoms. The van der Waals surface area contributed by atoms with E-state index in [1.165, 1.54) is 16.6 Å². The Morgan fingerprint density at radius 2 is 1.80 bits per heavy atom. The van der Waals surface area contributed by atoms with Gasteiger partial charge in [0.25, 0.3) is 0 Å². The van der Waals surface area contributed by atoms with Gasteiger partial charge in [0.2, 0.25) is 0 Å². The zero-order valence-electron chi connectivity index (χ0n) is 9.78. The Hall–Kier alpha value is -1.41. The summed E-state index contributed by atoms with van der Waals surface area (Å²) in [6.45, 7) is 2.16. The van der Waals surface area contributed by atoms with Crippen LogP contribution in [-0.4, -0.2) is 26.1 Å². The van der Waals surface area contributed by atoms with Crippen LogP contribution in [0.2, 0.25) is 0 Å². The lowest BCUT2D eigenvalue weighted by Gasteiger charge is -2.26. The summed E-state index contributed by atoms with van der Waals surface area (Å²) >= 11 is 0. The van der Waals surface area contributed by atoms with E-state index in [0.717, 1.165) is 10.00 Å². The van der Waals surface area contributed by atoms with Gasteiger partial charge in [-0.05, 0) is 25.1 Å². The molecule has 2 heteroatoms. The number of benzene rings is 1. The van der Waals surface area contributed by atoms with E-state index < -0.39 is 0 Å². The summed E-state index contributed by atoms with van der Waals surface area (Å²) in [6, 6.07) is 8.38. The van der Waals surface area contributed by atoms with Gasteiger partial charge in [0.15, 0.2) is 0 Å². The van der Waals surface area contributed by atoms with Crippen molar-refractivity contribution in [3.05, 3.63) is 36.0 Å². The molecule has 2 aromatic rings. The Balaban J connectivity index is 2.86. The molecule has 1 aromatic carbocycles. The van der Waals surface area contributed by atoms with Crippen molar-refractivity contribution >= 4 is 16.6 Å². The van der Waals surface area contributed by atoms with Crippen molar-refractivity contribution in [2.75, 3.05) is 21.1 Å². The Labute approximate surface area is 90.8 Å². The summed E-state index contributed by atoms with van der Waals surface area (Å²) in [6.07, 6.45) is 1.84. The maximum Gasteiger partial charge on any atom is 0.144 e. The molecular formula is C13H17N2+. The topological polar surface area (TPSA) is 12.9 Å². The van der Waals surface area contributed by atoms with Gasteiger partial charge in [0.05, 0.1) is 32.0 Å². The van der Waals surface area contributed by atoms with E-state index in [-0.39, 0.29) is 0 Å². The summed E-state index contributed by atoms with van der Waals surface area (Å²) in [5.41, 5.74) is 3.75. The quantitative estimate of drug-likeness (QED) is 0.646. The highest BCUT2D eigenvalue weighted by Crippen LogP contribution is 2.30. The van der Waals surface area contributed by atoms with Gasteiger partial charge in [-0.25, -0.2) is 0 Å². The molecule has 0 atom stereocenters. The number of aryl methyl sites for hydroxylation is 1. The zero-order chi connectivity index (χ0) is 11.1. The first-order valence-electron chi connectivity index (χ1n) is 5.16. The van der Waals surface area contributed by atoms with Crippen molar-refractivity contribution in [1.82, 2.24) is 9.47 Å². The lowest BCUT2D eigenvalue weighted by atomic mass is 10.1. The Bertz CT molecular complexity index is 495. The van der Waals surface area contributed by atoms with Gasteiger partial charge in [-0.2, -0.15) is 0 Å². The van der Waals surface area contributed by atoms with E-state index in [0.29, 0.717) is 0 Å². The third-order valence-corrected chi connectivity index (χ3v) is 2.63. The number of quaternary nitrogens is 1. The Kier molecular flexibility index (Phi) is 2.24. The molecule has 0 fully saturated rings. The van der Waals surface area contributed by atoms with Crippen molar-refractivity contribution < 1.29 is 0 Å². The van der Waals surface area contributed by atoms with Crippen LogP contribution < -0.4 is 4.48 Å². The molecule has 0 radical (unpaired) electrons. The van der Waals surface area contributed by atoms with E-state index in [4.69, 9.17) is 0 Å². The lowest BCUT2D eigenvalue weighted by Crippen LogP contribution is -2.35. The summed E-state index contributed by atoms with van der Waals surface area (Å²) in [5, 5.41) is 1.25. The number of aromatic nitrogens is 1. The highest BCUT2D eigenvalue weighted by Gasteiger charge is 2.19. The fourth-order valence-electron chi connectivity index (χ4n) is 2.14. The number of fused-ring (bicyclic) bond motifs is 1. The van der Waals surface area contributed by atoms with Crippen molar-refractivity contribution in [3.63, 3.8) is 0 Å². The van der Waals surface area contributed by atoms with Crippen LogP contribution in [-0.2, 0) is 0 Å². The van der Waals surface area contributed by atoms with Crippen LogP contribution in [0.15, 0.2) is 30.5 Å². The molecule has 15 heavy (non-hydrogen) atoms. The van der Waals surface area contributed by atoms with Gasteiger partial charge in [-0.3, -0.25) is 9.47 Å². The van der Waals surface area contributed by atoms with E-state index in [2.05, 4.69) is 51.2 Å². The Morgan fingerprint density at radius 1 is 1.07 bits per heavy atom. The number of rotatable bonds is 1. The van der Waals surface area contributed by atoms with Gasteiger partial charge in [-0.1, -0.05) is 6.07 Å². The van der Waals surface area contributed by atoms with Gasteiger partial charge >= 0.3 is 0 Å². The minimum absolute atomic E-state index is 0.828. The summed E-state index contributed by atoms with van der Waals surface area (Å²) in [5.74, 6) is 0. The minimum atomic E-state index is 0.828. The number of hydrogen-bond acceptors (Lipinski definition) is 1. The van der Waals surface area contributed by atoms with Gasteiger partial charge in [0.1, 0.15) is 5.69 Å². The van der Waals surface area contributed by atoms with Gasteiger partial charge in [0, 0.05) is 11.8 Å². The van der Waals surface area contributed by atoms with Gasteiger partial charge < -0.3 is 0 Å². The van der Waals surface area contributed by atoms with Crippen LogP contribution in [0.3, 0.4) is 0 Å². The van der Waals surface area contributed by atoms with Crippen molar-refractivity contribution in [2.45, 2.75) is 6.92 Å². The molecule has 0 saturated carbocycles. The molecule has 0 aliphatic heterocycles. The molecule has 1 aromatic heterocycles. The van der Waals surface area contributed by atoms with Crippen LogP contribution in [0.5, 0.6) is 0 Å². The molecular weight excluding hydrogens is 184 g/mol. The SMILES string of the molecule is Cc1ccc2ncccc2c1[N+](C)(C)C. The molecule has 0 aliphatic rings. The molecule has 0 saturated heterocycles. The molecule has 0 unspecified atom stereocenters. The molecule has 2 rings (SSSR count).